The van der Waals surface area contributed by atoms with Crippen molar-refractivity contribution in [2.75, 3.05) is 0 Å². The van der Waals surface area contributed by atoms with Gasteiger partial charge in [-0.2, -0.15) is 0 Å². The van der Waals surface area contributed by atoms with Crippen LogP contribution in [-0.2, 0) is 20.7 Å². The Morgan fingerprint density at radius 3 is 2.67 bits per heavy atom. The van der Waals surface area contributed by atoms with E-state index in [1.807, 2.05) is 18.2 Å². The number of hydrogen-bond donors (Lipinski definition) is 0. The number of halogens is 1. The summed E-state index contributed by atoms with van der Waals surface area (Å²) in [6, 6.07) is 7.30. The van der Waals surface area contributed by atoms with Crippen molar-refractivity contribution in [1.82, 2.24) is 0 Å². The van der Waals surface area contributed by atoms with Gasteiger partial charge in [-0.1, -0.05) is 41.1 Å². The van der Waals surface area contributed by atoms with Crippen LogP contribution >= 0.6 is 15.9 Å². The molecule has 0 aromatic heterocycles. The lowest BCUT2D eigenvalue weighted by molar-refractivity contribution is -0.156. The second-order valence-corrected chi connectivity index (χ2v) is 3.70. The maximum Gasteiger partial charge on any atom is 0.317 e. The number of ether oxygens (including phenoxy) is 1. The topological polar surface area (TPSA) is 43.4 Å². The summed E-state index contributed by atoms with van der Waals surface area (Å²) in [6.45, 7) is 1.52. The zero-order chi connectivity index (χ0) is 11.3. The van der Waals surface area contributed by atoms with Crippen LogP contribution in [0.2, 0.25) is 0 Å². The van der Waals surface area contributed by atoms with Gasteiger partial charge in [0, 0.05) is 4.47 Å². The molecule has 0 saturated carbocycles. The van der Waals surface area contributed by atoms with Crippen molar-refractivity contribution in [3.05, 3.63) is 40.7 Å². The second kappa shape index (κ2) is 5.66. The second-order valence-electron chi connectivity index (χ2n) is 2.85. The Morgan fingerprint density at radius 2 is 2.07 bits per heavy atom. The third-order valence-corrected chi connectivity index (χ3v) is 2.52. The first-order valence-corrected chi connectivity index (χ1v) is 5.20. The Kier molecular flexibility index (Phi) is 4.49. The van der Waals surface area contributed by atoms with Crippen LogP contribution in [0.25, 0.3) is 0 Å². The number of carbonyl (C=O) groups excluding carboxylic acids is 2. The van der Waals surface area contributed by atoms with Crippen molar-refractivity contribution in [1.29, 1.82) is 0 Å². The molecule has 0 heterocycles. The molecule has 0 aliphatic rings. The Morgan fingerprint density at radius 1 is 1.40 bits per heavy atom. The number of rotatable bonds is 3. The summed E-state index contributed by atoms with van der Waals surface area (Å²) in [5.41, 5.74) is 0.798. The van der Waals surface area contributed by atoms with Crippen molar-refractivity contribution in [2.45, 2.75) is 13.3 Å². The van der Waals surface area contributed by atoms with E-state index in [9.17, 15) is 9.59 Å². The molecule has 15 heavy (non-hydrogen) atoms. The molecule has 0 fully saturated rings. The standard InChI is InChI=1S/C11H10BrO3/c1-2-10(13)15-11(14)7-8-5-3-4-6-9(8)12/h2-6H,7H2,1H3. The number of hydrogen-bond acceptors (Lipinski definition) is 3. The predicted molar refractivity (Wildman–Crippen MR) is 58.9 cm³/mol. The lowest BCUT2D eigenvalue weighted by Gasteiger charge is -2.03. The molecule has 0 aliphatic heterocycles. The summed E-state index contributed by atoms with van der Waals surface area (Å²) in [6.07, 6.45) is 1.29. The highest BCUT2D eigenvalue weighted by Gasteiger charge is 2.10. The molecule has 0 amide bonds. The first-order valence-electron chi connectivity index (χ1n) is 4.41. The van der Waals surface area contributed by atoms with Gasteiger partial charge < -0.3 is 4.74 Å². The van der Waals surface area contributed by atoms with E-state index in [2.05, 4.69) is 20.7 Å². The minimum absolute atomic E-state index is 0.0843. The van der Waals surface area contributed by atoms with E-state index in [1.54, 1.807) is 6.07 Å². The van der Waals surface area contributed by atoms with Crippen molar-refractivity contribution >= 4 is 27.9 Å². The fraction of sp³-hybridized carbons (Fsp3) is 0.182. The molecule has 0 unspecified atom stereocenters. The molecule has 0 atom stereocenters. The first kappa shape index (κ1) is 11.9. The van der Waals surface area contributed by atoms with Gasteiger partial charge in [-0.15, -0.1) is 0 Å². The Bertz CT molecular complexity index is 374. The van der Waals surface area contributed by atoms with Gasteiger partial charge >= 0.3 is 11.9 Å². The summed E-state index contributed by atoms with van der Waals surface area (Å²) < 4.78 is 5.33. The predicted octanol–water partition coefficient (Wildman–Crippen LogP) is 2.29. The van der Waals surface area contributed by atoms with Gasteiger partial charge in [0.25, 0.3) is 0 Å². The molecule has 0 aliphatic carbocycles. The van der Waals surface area contributed by atoms with E-state index in [0.29, 0.717) is 0 Å². The highest BCUT2D eigenvalue weighted by molar-refractivity contribution is 9.10. The van der Waals surface area contributed by atoms with Gasteiger partial charge in [-0.05, 0) is 11.6 Å². The molecule has 4 heteroatoms. The largest absolute Gasteiger partial charge is 0.393 e. The average molecular weight is 270 g/mol. The highest BCUT2D eigenvalue weighted by Crippen LogP contribution is 2.16. The molecular weight excluding hydrogens is 260 g/mol. The number of benzene rings is 1. The van der Waals surface area contributed by atoms with Crippen LogP contribution in [0.4, 0.5) is 0 Å². The van der Waals surface area contributed by atoms with Crippen LogP contribution in [0.5, 0.6) is 0 Å². The van der Waals surface area contributed by atoms with E-state index < -0.39 is 11.9 Å². The molecule has 79 valence electrons. The summed E-state index contributed by atoms with van der Waals surface area (Å²) in [5.74, 6) is -1.17. The van der Waals surface area contributed by atoms with Crippen molar-refractivity contribution in [2.24, 2.45) is 0 Å². The third kappa shape index (κ3) is 3.83. The molecule has 1 aromatic carbocycles. The maximum atomic E-state index is 11.3. The summed E-state index contributed by atoms with van der Waals surface area (Å²) in [7, 11) is 0. The van der Waals surface area contributed by atoms with Crippen LogP contribution in [0.15, 0.2) is 28.7 Å². The Hall–Kier alpha value is -1.16. The lowest BCUT2D eigenvalue weighted by atomic mass is 10.1. The zero-order valence-electron chi connectivity index (χ0n) is 8.20. The van der Waals surface area contributed by atoms with Crippen molar-refractivity contribution < 1.29 is 14.3 Å². The molecule has 0 bridgehead atoms. The normalized spacial score (nSPS) is 9.73. The van der Waals surface area contributed by atoms with Crippen LogP contribution in [0.1, 0.15) is 12.5 Å². The van der Waals surface area contributed by atoms with E-state index in [4.69, 9.17) is 0 Å². The van der Waals surface area contributed by atoms with Gasteiger partial charge in [0.15, 0.2) is 0 Å². The van der Waals surface area contributed by atoms with Crippen molar-refractivity contribution in [3.63, 3.8) is 0 Å². The SMILES string of the molecule is C[CH]C(=O)OC(=O)Cc1ccccc1Br. The molecule has 1 aromatic rings. The monoisotopic (exact) mass is 269 g/mol. The van der Waals surface area contributed by atoms with Gasteiger partial charge in [0.1, 0.15) is 0 Å². The number of carbonyl (C=O) groups is 2. The van der Waals surface area contributed by atoms with Crippen LogP contribution < -0.4 is 0 Å². The van der Waals surface area contributed by atoms with E-state index in [1.165, 1.54) is 13.3 Å². The molecule has 1 radical (unpaired) electrons. The zero-order valence-corrected chi connectivity index (χ0v) is 9.78. The third-order valence-electron chi connectivity index (χ3n) is 1.74. The Labute approximate surface area is 96.6 Å². The Balaban J connectivity index is 2.59. The molecule has 0 N–H and O–H groups in total. The van der Waals surface area contributed by atoms with Gasteiger partial charge in [0.05, 0.1) is 12.8 Å². The molecular formula is C11H10BrO3. The highest BCUT2D eigenvalue weighted by atomic mass is 79.9. The van der Waals surface area contributed by atoms with E-state index >= 15 is 0 Å². The molecule has 3 nitrogen and oxygen atoms in total. The van der Waals surface area contributed by atoms with Crippen molar-refractivity contribution in [3.8, 4) is 0 Å². The molecule has 1 rings (SSSR count). The van der Waals surface area contributed by atoms with E-state index in [0.717, 1.165) is 10.0 Å². The summed E-state index contributed by atoms with van der Waals surface area (Å²) in [5, 5.41) is 0. The minimum atomic E-state index is -0.618. The van der Waals surface area contributed by atoms with Gasteiger partial charge in [0.2, 0.25) is 0 Å². The molecule has 0 spiro atoms. The minimum Gasteiger partial charge on any atom is -0.393 e. The average Bonchev–Trinajstić information content (AvgIpc) is 2.21. The summed E-state index contributed by atoms with van der Waals surface area (Å²) in [4.78, 5) is 22.0. The maximum absolute atomic E-state index is 11.3. The lowest BCUT2D eigenvalue weighted by Crippen LogP contribution is -2.13. The van der Waals surface area contributed by atoms with Crippen LogP contribution in [-0.4, -0.2) is 11.9 Å². The van der Waals surface area contributed by atoms with Gasteiger partial charge in [-0.25, -0.2) is 0 Å². The number of esters is 2. The van der Waals surface area contributed by atoms with Crippen LogP contribution in [0, 0.1) is 6.42 Å². The quantitative estimate of drug-likeness (QED) is 0.625. The first-order chi connectivity index (χ1) is 7.13. The smallest absolute Gasteiger partial charge is 0.317 e. The fourth-order valence-electron chi connectivity index (χ4n) is 1.00. The van der Waals surface area contributed by atoms with E-state index in [-0.39, 0.29) is 6.42 Å². The van der Waals surface area contributed by atoms with Crippen LogP contribution in [0.3, 0.4) is 0 Å². The fourth-order valence-corrected chi connectivity index (χ4v) is 1.43. The van der Waals surface area contributed by atoms with Gasteiger partial charge in [-0.3, -0.25) is 9.59 Å². The molecule has 0 saturated heterocycles. The summed E-state index contributed by atoms with van der Waals surface area (Å²) >= 11 is 3.31.